The van der Waals surface area contributed by atoms with Crippen LogP contribution in [0.4, 0.5) is 0 Å². The van der Waals surface area contributed by atoms with Crippen molar-refractivity contribution in [1.29, 1.82) is 0 Å². The van der Waals surface area contributed by atoms with Crippen molar-refractivity contribution in [2.75, 3.05) is 13.1 Å². The molecule has 4 rings (SSSR count). The van der Waals surface area contributed by atoms with E-state index in [0.717, 1.165) is 48.9 Å². The number of nitrogens with zero attached hydrogens (tertiary/aromatic N) is 4. The minimum atomic E-state index is 0.161. The van der Waals surface area contributed by atoms with Gasteiger partial charge in [-0.25, -0.2) is 9.97 Å². The van der Waals surface area contributed by atoms with Gasteiger partial charge in [0.1, 0.15) is 5.82 Å². The van der Waals surface area contributed by atoms with Gasteiger partial charge in [0.25, 0.3) is 5.91 Å². The topological polar surface area (TPSA) is 51.0 Å². The Bertz CT molecular complexity index is 787. The van der Waals surface area contributed by atoms with Crippen molar-refractivity contribution >= 4 is 28.6 Å². The van der Waals surface area contributed by atoms with Gasteiger partial charge in [0.2, 0.25) is 0 Å². The van der Waals surface area contributed by atoms with Crippen molar-refractivity contribution in [2.45, 2.75) is 25.3 Å². The molecule has 0 N–H and O–H groups in total. The molecule has 0 radical (unpaired) electrons. The number of aromatic nitrogens is 3. The monoisotopic (exact) mass is 358 g/mol. The molecule has 7 heteroatoms. The predicted molar refractivity (Wildman–Crippen MR) is 95.6 cm³/mol. The number of amides is 1. The van der Waals surface area contributed by atoms with Crippen LogP contribution in [-0.4, -0.2) is 38.4 Å². The minimum Gasteiger partial charge on any atom is -0.338 e. The summed E-state index contributed by atoms with van der Waals surface area (Å²) in [6.45, 7) is 2.36. The Morgan fingerprint density at radius 1 is 1.29 bits per heavy atom. The fraction of sp³-hybridized carbons (Fsp3) is 0.353. The number of thiazole rings is 1. The second-order valence-electron chi connectivity index (χ2n) is 5.94. The summed E-state index contributed by atoms with van der Waals surface area (Å²) >= 11 is 3.13. The highest BCUT2D eigenvalue weighted by Crippen LogP contribution is 2.28. The van der Waals surface area contributed by atoms with Crippen LogP contribution in [0.25, 0.3) is 0 Å². The summed E-state index contributed by atoms with van der Waals surface area (Å²) < 4.78 is 2.19. The van der Waals surface area contributed by atoms with Crippen molar-refractivity contribution in [3.63, 3.8) is 0 Å². The summed E-state index contributed by atoms with van der Waals surface area (Å²) in [5.74, 6) is 1.69. The molecule has 0 spiro atoms. The molecule has 1 fully saturated rings. The molecule has 0 aromatic carbocycles. The van der Waals surface area contributed by atoms with E-state index in [-0.39, 0.29) is 5.91 Å². The molecule has 0 saturated carbocycles. The van der Waals surface area contributed by atoms with Gasteiger partial charge in [0.15, 0.2) is 0 Å². The molecular weight excluding hydrogens is 340 g/mol. The fourth-order valence-electron chi connectivity index (χ4n) is 3.20. The van der Waals surface area contributed by atoms with E-state index < -0.39 is 0 Å². The molecule has 0 aliphatic carbocycles. The first kappa shape index (κ1) is 15.5. The number of imidazole rings is 1. The molecular formula is C17H18N4OS2. The number of piperidine rings is 1. The lowest BCUT2D eigenvalue weighted by atomic mass is 9.95. The molecule has 0 bridgehead atoms. The SMILES string of the molecule is O=C(c1cccs1)N1CCC(c2nccn2Cc2cscn2)CC1. The number of rotatable bonds is 4. The van der Waals surface area contributed by atoms with Crippen LogP contribution in [0.15, 0.2) is 40.8 Å². The molecule has 0 atom stereocenters. The summed E-state index contributed by atoms with van der Waals surface area (Å²) in [5, 5.41) is 4.03. The van der Waals surface area contributed by atoms with E-state index in [0.29, 0.717) is 5.92 Å². The highest BCUT2D eigenvalue weighted by Gasteiger charge is 2.27. The Morgan fingerprint density at radius 2 is 2.17 bits per heavy atom. The van der Waals surface area contributed by atoms with Crippen LogP contribution in [-0.2, 0) is 6.54 Å². The molecule has 24 heavy (non-hydrogen) atoms. The number of carbonyl (C=O) groups is 1. The molecule has 1 aliphatic heterocycles. The number of likely N-dealkylation sites (tertiary alicyclic amines) is 1. The molecule has 1 aliphatic rings. The maximum atomic E-state index is 12.4. The van der Waals surface area contributed by atoms with Gasteiger partial charge in [-0.3, -0.25) is 4.79 Å². The minimum absolute atomic E-state index is 0.161. The van der Waals surface area contributed by atoms with Gasteiger partial charge >= 0.3 is 0 Å². The Morgan fingerprint density at radius 3 is 2.88 bits per heavy atom. The van der Waals surface area contributed by atoms with E-state index in [2.05, 4.69) is 19.9 Å². The van der Waals surface area contributed by atoms with Gasteiger partial charge in [-0.15, -0.1) is 22.7 Å². The first-order chi connectivity index (χ1) is 11.8. The second-order valence-corrected chi connectivity index (χ2v) is 7.60. The van der Waals surface area contributed by atoms with Crippen LogP contribution < -0.4 is 0 Å². The first-order valence-electron chi connectivity index (χ1n) is 8.02. The molecule has 1 saturated heterocycles. The van der Waals surface area contributed by atoms with Gasteiger partial charge in [-0.1, -0.05) is 6.07 Å². The number of carbonyl (C=O) groups excluding carboxylic acids is 1. The van der Waals surface area contributed by atoms with Crippen LogP contribution in [0.3, 0.4) is 0 Å². The summed E-state index contributed by atoms with van der Waals surface area (Å²) in [5.41, 5.74) is 2.94. The molecule has 5 nitrogen and oxygen atoms in total. The normalized spacial score (nSPS) is 15.8. The summed E-state index contributed by atoms with van der Waals surface area (Å²) in [6, 6.07) is 3.83. The van der Waals surface area contributed by atoms with Crippen molar-refractivity contribution < 1.29 is 4.79 Å². The lowest BCUT2D eigenvalue weighted by molar-refractivity contribution is 0.0715. The van der Waals surface area contributed by atoms with E-state index in [9.17, 15) is 4.79 Å². The van der Waals surface area contributed by atoms with Crippen LogP contribution >= 0.6 is 22.7 Å². The maximum Gasteiger partial charge on any atom is 0.263 e. The molecule has 3 aromatic heterocycles. The van der Waals surface area contributed by atoms with Crippen molar-refractivity contribution in [1.82, 2.24) is 19.4 Å². The highest BCUT2D eigenvalue weighted by atomic mass is 32.1. The van der Waals surface area contributed by atoms with E-state index in [1.54, 1.807) is 11.3 Å². The van der Waals surface area contributed by atoms with Gasteiger partial charge in [0.05, 0.1) is 22.6 Å². The van der Waals surface area contributed by atoms with Crippen molar-refractivity contribution in [3.8, 4) is 0 Å². The second kappa shape index (κ2) is 6.86. The third-order valence-corrected chi connectivity index (χ3v) is 5.94. The molecule has 1 amide bonds. The summed E-state index contributed by atoms with van der Waals surface area (Å²) in [7, 11) is 0. The Labute approximate surface area is 148 Å². The molecule has 3 aromatic rings. The zero-order valence-electron chi connectivity index (χ0n) is 13.2. The van der Waals surface area contributed by atoms with E-state index in [4.69, 9.17) is 0 Å². The van der Waals surface area contributed by atoms with Gasteiger partial charge in [0, 0.05) is 36.8 Å². The average Bonchev–Trinajstić information content (AvgIpc) is 3.37. The lowest BCUT2D eigenvalue weighted by Crippen LogP contribution is -2.38. The Balaban J connectivity index is 1.41. The predicted octanol–water partition coefficient (Wildman–Crippen LogP) is 3.47. The number of hydrogen-bond acceptors (Lipinski definition) is 5. The third-order valence-electron chi connectivity index (χ3n) is 4.44. The fourth-order valence-corrected chi connectivity index (χ4v) is 4.44. The zero-order chi connectivity index (χ0) is 16.4. The Hall–Kier alpha value is -1.99. The third kappa shape index (κ3) is 3.14. The summed E-state index contributed by atoms with van der Waals surface area (Å²) in [4.78, 5) is 24.2. The highest BCUT2D eigenvalue weighted by molar-refractivity contribution is 7.12. The molecule has 0 unspecified atom stereocenters. The van der Waals surface area contributed by atoms with Crippen molar-refractivity contribution in [2.24, 2.45) is 0 Å². The molecule has 124 valence electrons. The summed E-state index contributed by atoms with van der Waals surface area (Å²) in [6.07, 6.45) is 5.82. The van der Waals surface area contributed by atoms with Gasteiger partial charge < -0.3 is 9.47 Å². The number of hydrogen-bond donors (Lipinski definition) is 0. The van der Waals surface area contributed by atoms with Gasteiger partial charge in [-0.2, -0.15) is 0 Å². The largest absolute Gasteiger partial charge is 0.338 e. The zero-order valence-corrected chi connectivity index (χ0v) is 14.8. The van der Waals surface area contributed by atoms with Gasteiger partial charge in [-0.05, 0) is 24.3 Å². The maximum absolute atomic E-state index is 12.4. The smallest absolute Gasteiger partial charge is 0.263 e. The van der Waals surface area contributed by atoms with Crippen LogP contribution in [0.1, 0.15) is 39.9 Å². The van der Waals surface area contributed by atoms with E-state index in [1.807, 2.05) is 40.3 Å². The standard InChI is InChI=1S/C17H18N4OS2/c22-17(15-2-1-9-24-15)20-6-3-13(4-7-20)16-18-5-8-21(16)10-14-11-23-12-19-14/h1-2,5,8-9,11-13H,3-4,6-7,10H2. The molecule has 4 heterocycles. The Kier molecular flexibility index (Phi) is 4.44. The first-order valence-corrected chi connectivity index (χ1v) is 9.84. The average molecular weight is 358 g/mol. The van der Waals surface area contributed by atoms with Crippen molar-refractivity contribution in [3.05, 3.63) is 57.2 Å². The number of thiophene rings is 1. The van der Waals surface area contributed by atoms with Crippen LogP contribution in [0.2, 0.25) is 0 Å². The van der Waals surface area contributed by atoms with Crippen LogP contribution in [0.5, 0.6) is 0 Å². The lowest BCUT2D eigenvalue weighted by Gasteiger charge is -2.31. The quantitative estimate of drug-likeness (QED) is 0.717. The van der Waals surface area contributed by atoms with E-state index in [1.165, 1.54) is 11.3 Å². The van der Waals surface area contributed by atoms with E-state index >= 15 is 0 Å². The van der Waals surface area contributed by atoms with Crippen LogP contribution in [0, 0.1) is 0 Å².